The molecule has 0 atom stereocenters. The molecular weight excluding hydrogens is 363 g/mol. The Labute approximate surface area is 157 Å². The summed E-state index contributed by atoms with van der Waals surface area (Å²) in [6, 6.07) is 6.63. The van der Waals surface area contributed by atoms with Gasteiger partial charge in [-0.2, -0.15) is 0 Å². The first-order valence-corrected chi connectivity index (χ1v) is 8.49. The molecule has 134 valence electrons. The quantitative estimate of drug-likeness (QED) is 0.593. The lowest BCUT2D eigenvalue weighted by Gasteiger charge is -2.21. The molecule has 0 aromatic heterocycles. The minimum Gasteiger partial charge on any atom is -0.496 e. The van der Waals surface area contributed by atoms with Crippen LogP contribution in [0.5, 0.6) is 17.2 Å². The lowest BCUT2D eigenvalue weighted by Crippen LogP contribution is -2.03. The summed E-state index contributed by atoms with van der Waals surface area (Å²) in [6.45, 7) is 5.87. The summed E-state index contributed by atoms with van der Waals surface area (Å²) in [4.78, 5) is 11.7. The Balaban J connectivity index is 2.55. The van der Waals surface area contributed by atoms with Gasteiger partial charge in [0.1, 0.15) is 11.5 Å². The van der Waals surface area contributed by atoms with Crippen LogP contribution < -0.4 is 9.47 Å². The summed E-state index contributed by atoms with van der Waals surface area (Å²) in [5, 5.41) is 0.764. The van der Waals surface area contributed by atoms with Crippen molar-refractivity contribution in [3.05, 3.63) is 51.0 Å². The smallest absolute Gasteiger partial charge is 0.337 e. The molecular formula is C19H20Cl2O4. The lowest BCUT2D eigenvalue weighted by atomic mass is 9.98. The van der Waals surface area contributed by atoms with Crippen LogP contribution in [0.15, 0.2) is 24.3 Å². The van der Waals surface area contributed by atoms with Gasteiger partial charge in [0.05, 0.1) is 29.8 Å². The summed E-state index contributed by atoms with van der Waals surface area (Å²) >= 11 is 13.0. The highest BCUT2D eigenvalue weighted by molar-refractivity contribution is 6.38. The lowest BCUT2D eigenvalue weighted by molar-refractivity contribution is 0.0600. The van der Waals surface area contributed by atoms with Crippen LogP contribution in [0.1, 0.15) is 41.3 Å². The molecule has 0 saturated carbocycles. The van der Waals surface area contributed by atoms with E-state index in [1.807, 2.05) is 20.8 Å². The van der Waals surface area contributed by atoms with Gasteiger partial charge in [-0.25, -0.2) is 4.79 Å². The Hall–Kier alpha value is -1.91. The molecule has 0 aliphatic heterocycles. The fourth-order valence-electron chi connectivity index (χ4n) is 2.58. The van der Waals surface area contributed by atoms with E-state index in [4.69, 9.17) is 37.4 Å². The van der Waals surface area contributed by atoms with Crippen LogP contribution in [0.4, 0.5) is 0 Å². The number of rotatable bonds is 5. The van der Waals surface area contributed by atoms with Crippen LogP contribution in [0.3, 0.4) is 0 Å². The molecule has 4 nitrogen and oxygen atoms in total. The Morgan fingerprint density at radius 3 is 2.32 bits per heavy atom. The third-order valence-corrected chi connectivity index (χ3v) is 4.64. The van der Waals surface area contributed by atoms with Gasteiger partial charge in [0.15, 0.2) is 5.75 Å². The van der Waals surface area contributed by atoms with Crippen molar-refractivity contribution in [1.82, 2.24) is 0 Å². The zero-order valence-corrected chi connectivity index (χ0v) is 16.3. The average Bonchev–Trinajstić information content (AvgIpc) is 2.60. The predicted octanol–water partition coefficient (Wildman–Crippen LogP) is 6.01. The fraction of sp³-hybridized carbons (Fsp3) is 0.316. The molecule has 0 heterocycles. The van der Waals surface area contributed by atoms with Crippen LogP contribution in [-0.4, -0.2) is 20.2 Å². The first-order valence-electron chi connectivity index (χ1n) is 7.73. The Morgan fingerprint density at radius 1 is 1.08 bits per heavy atom. The molecule has 0 bridgehead atoms. The molecule has 0 radical (unpaired) electrons. The molecule has 2 aromatic rings. The normalized spacial score (nSPS) is 10.7. The first kappa shape index (κ1) is 19.4. The number of benzene rings is 2. The van der Waals surface area contributed by atoms with Crippen molar-refractivity contribution in [1.29, 1.82) is 0 Å². The van der Waals surface area contributed by atoms with Gasteiger partial charge in [0.2, 0.25) is 0 Å². The van der Waals surface area contributed by atoms with E-state index in [9.17, 15) is 4.79 Å². The largest absolute Gasteiger partial charge is 0.496 e. The maximum atomic E-state index is 11.7. The van der Waals surface area contributed by atoms with E-state index >= 15 is 0 Å². The van der Waals surface area contributed by atoms with Crippen molar-refractivity contribution in [2.45, 2.75) is 26.7 Å². The molecule has 0 fully saturated rings. The van der Waals surface area contributed by atoms with Gasteiger partial charge in [0.25, 0.3) is 0 Å². The zero-order chi connectivity index (χ0) is 18.7. The number of halogens is 2. The maximum Gasteiger partial charge on any atom is 0.337 e. The third-order valence-electron chi connectivity index (χ3n) is 3.81. The van der Waals surface area contributed by atoms with E-state index in [-0.39, 0.29) is 5.92 Å². The van der Waals surface area contributed by atoms with Crippen molar-refractivity contribution < 1.29 is 19.0 Å². The first-order chi connectivity index (χ1) is 11.8. The second-order valence-electron chi connectivity index (χ2n) is 5.81. The zero-order valence-electron chi connectivity index (χ0n) is 14.8. The number of carbonyl (C=O) groups is 1. The summed E-state index contributed by atoms with van der Waals surface area (Å²) in [6.07, 6.45) is 0. The molecule has 0 unspecified atom stereocenters. The van der Waals surface area contributed by atoms with Crippen molar-refractivity contribution >= 4 is 29.2 Å². The van der Waals surface area contributed by atoms with E-state index in [1.54, 1.807) is 31.4 Å². The number of hydrogen-bond acceptors (Lipinski definition) is 4. The van der Waals surface area contributed by atoms with Crippen LogP contribution >= 0.6 is 23.2 Å². The summed E-state index contributed by atoms with van der Waals surface area (Å²) < 4.78 is 16.1. The van der Waals surface area contributed by atoms with Gasteiger partial charge < -0.3 is 14.2 Å². The molecule has 0 saturated heterocycles. The second kappa shape index (κ2) is 7.98. The van der Waals surface area contributed by atoms with Gasteiger partial charge in [-0.3, -0.25) is 0 Å². The molecule has 0 aliphatic rings. The van der Waals surface area contributed by atoms with E-state index in [0.29, 0.717) is 32.9 Å². The van der Waals surface area contributed by atoms with Crippen LogP contribution in [-0.2, 0) is 4.74 Å². The number of hydrogen-bond donors (Lipinski definition) is 0. The monoisotopic (exact) mass is 382 g/mol. The molecule has 0 amide bonds. The van der Waals surface area contributed by atoms with Gasteiger partial charge in [-0.05, 0) is 31.0 Å². The molecule has 0 aliphatic carbocycles. The molecule has 6 heteroatoms. The van der Waals surface area contributed by atoms with Gasteiger partial charge in [0, 0.05) is 11.1 Å². The van der Waals surface area contributed by atoms with Crippen molar-refractivity contribution in [3.63, 3.8) is 0 Å². The van der Waals surface area contributed by atoms with Crippen molar-refractivity contribution in [2.75, 3.05) is 14.2 Å². The van der Waals surface area contributed by atoms with E-state index in [1.165, 1.54) is 7.11 Å². The van der Waals surface area contributed by atoms with E-state index in [2.05, 4.69) is 0 Å². The summed E-state index contributed by atoms with van der Waals surface area (Å²) in [5.41, 5.74) is 1.95. The number of methoxy groups -OCH3 is 2. The van der Waals surface area contributed by atoms with E-state index in [0.717, 1.165) is 11.1 Å². The highest BCUT2D eigenvalue weighted by atomic mass is 35.5. The Morgan fingerprint density at radius 2 is 1.76 bits per heavy atom. The number of ether oxygens (including phenoxy) is 3. The average molecular weight is 383 g/mol. The minimum absolute atomic E-state index is 0.113. The predicted molar refractivity (Wildman–Crippen MR) is 99.7 cm³/mol. The van der Waals surface area contributed by atoms with Gasteiger partial charge in [-0.1, -0.05) is 43.1 Å². The second-order valence-corrected chi connectivity index (χ2v) is 6.56. The third kappa shape index (κ3) is 3.86. The Bertz CT molecular complexity index is 800. The molecule has 2 rings (SSSR count). The molecule has 25 heavy (non-hydrogen) atoms. The SMILES string of the molecule is COC(=O)c1cccc(Oc2c(Cl)c(C)c(OC)c(C(C)C)c2Cl)c1. The van der Waals surface area contributed by atoms with Gasteiger partial charge >= 0.3 is 5.97 Å². The molecule has 0 N–H and O–H groups in total. The standard InChI is InChI=1S/C19H20Cl2O4/c1-10(2)14-16(21)18(15(20)11(3)17(14)23-4)25-13-8-6-7-12(9-13)19(22)24-5/h6-10H,1-5H3. The number of esters is 1. The highest BCUT2D eigenvalue weighted by Crippen LogP contribution is 2.48. The topological polar surface area (TPSA) is 44.8 Å². The fourth-order valence-corrected chi connectivity index (χ4v) is 3.29. The Kier molecular flexibility index (Phi) is 6.20. The minimum atomic E-state index is -0.448. The van der Waals surface area contributed by atoms with Crippen LogP contribution in [0.2, 0.25) is 10.0 Å². The molecule has 2 aromatic carbocycles. The van der Waals surface area contributed by atoms with Crippen molar-refractivity contribution in [2.24, 2.45) is 0 Å². The van der Waals surface area contributed by atoms with Crippen molar-refractivity contribution in [3.8, 4) is 17.2 Å². The summed E-state index contributed by atoms with van der Waals surface area (Å²) in [7, 11) is 2.91. The number of carbonyl (C=O) groups excluding carboxylic acids is 1. The summed E-state index contributed by atoms with van der Waals surface area (Å²) in [5.74, 6) is 1.09. The highest BCUT2D eigenvalue weighted by Gasteiger charge is 2.24. The van der Waals surface area contributed by atoms with Crippen LogP contribution in [0.25, 0.3) is 0 Å². The van der Waals surface area contributed by atoms with E-state index < -0.39 is 5.97 Å². The van der Waals surface area contributed by atoms with Crippen LogP contribution in [0, 0.1) is 6.92 Å². The molecule has 0 spiro atoms. The van der Waals surface area contributed by atoms with Gasteiger partial charge in [-0.15, -0.1) is 0 Å². The maximum absolute atomic E-state index is 11.7.